The summed E-state index contributed by atoms with van der Waals surface area (Å²) in [7, 11) is 0. The van der Waals surface area contributed by atoms with Gasteiger partial charge in [-0.3, -0.25) is 9.48 Å². The summed E-state index contributed by atoms with van der Waals surface area (Å²) in [6.45, 7) is 1.55. The van der Waals surface area contributed by atoms with Crippen LogP contribution in [0.3, 0.4) is 0 Å². The summed E-state index contributed by atoms with van der Waals surface area (Å²) in [5.41, 5.74) is 0.0838. The van der Waals surface area contributed by atoms with Crippen molar-refractivity contribution in [3.05, 3.63) is 35.9 Å². The second-order valence-electron chi connectivity index (χ2n) is 9.63. The molecule has 0 aromatic carbocycles. The number of hydrogen-bond donors (Lipinski definition) is 2. The van der Waals surface area contributed by atoms with Crippen molar-refractivity contribution in [3.63, 3.8) is 0 Å². The van der Waals surface area contributed by atoms with Gasteiger partial charge in [0, 0.05) is 25.5 Å². The third kappa shape index (κ3) is 4.04. The molecule has 0 spiro atoms. The van der Waals surface area contributed by atoms with Crippen molar-refractivity contribution in [1.29, 1.82) is 0 Å². The van der Waals surface area contributed by atoms with Crippen molar-refractivity contribution in [2.24, 2.45) is 5.92 Å². The Hall–Kier alpha value is -3.12. The minimum atomic E-state index is -2.83. The fourth-order valence-corrected chi connectivity index (χ4v) is 5.49. The molecule has 2 bridgehead atoms. The number of alkyl halides is 2. The summed E-state index contributed by atoms with van der Waals surface area (Å²) in [5, 5.41) is 20.3. The van der Waals surface area contributed by atoms with Gasteiger partial charge in [0.25, 0.3) is 12.3 Å². The molecule has 12 heteroatoms. The molecule has 186 valence electrons. The molecule has 6 rings (SSSR count). The first-order chi connectivity index (χ1) is 17.0. The number of nitrogens with one attached hydrogen (secondary N) is 1. The number of rotatable bonds is 6. The molecule has 3 fully saturated rings. The quantitative estimate of drug-likeness (QED) is 0.550. The lowest BCUT2D eigenvalue weighted by molar-refractivity contribution is 0.0988. The van der Waals surface area contributed by atoms with Gasteiger partial charge in [0.2, 0.25) is 0 Å². The van der Waals surface area contributed by atoms with Crippen LogP contribution >= 0.6 is 0 Å². The number of aromatic nitrogens is 5. The summed E-state index contributed by atoms with van der Waals surface area (Å²) in [4.78, 5) is 20.0. The van der Waals surface area contributed by atoms with Crippen molar-refractivity contribution < 1.29 is 23.4 Å². The first-order valence-electron chi connectivity index (χ1n) is 12.0. The summed E-state index contributed by atoms with van der Waals surface area (Å²) < 4.78 is 36.2. The molecule has 2 aliphatic heterocycles. The van der Waals surface area contributed by atoms with Crippen LogP contribution in [0, 0.1) is 5.92 Å². The molecule has 1 aliphatic carbocycles. The molecule has 5 heterocycles. The fourth-order valence-electron chi connectivity index (χ4n) is 5.49. The largest absolute Gasteiger partial charge is 0.396 e. The van der Waals surface area contributed by atoms with E-state index in [2.05, 4.69) is 25.4 Å². The maximum Gasteiger partial charge on any atom is 0.284 e. The zero-order valence-corrected chi connectivity index (χ0v) is 19.1. The molecule has 3 aromatic heterocycles. The molecule has 2 atom stereocenters. The van der Waals surface area contributed by atoms with Crippen LogP contribution in [0.1, 0.15) is 60.6 Å². The molecular formula is C23H27F2N7O3. The number of fused-ring (bicyclic) bond motifs is 3. The minimum Gasteiger partial charge on any atom is -0.396 e. The zero-order valence-electron chi connectivity index (χ0n) is 19.1. The predicted octanol–water partition coefficient (Wildman–Crippen LogP) is 2.82. The van der Waals surface area contributed by atoms with Crippen LogP contribution in [0.2, 0.25) is 0 Å². The van der Waals surface area contributed by atoms with Crippen molar-refractivity contribution >= 4 is 23.1 Å². The molecule has 3 aromatic rings. The Morgan fingerprint density at radius 3 is 2.77 bits per heavy atom. The van der Waals surface area contributed by atoms with E-state index in [9.17, 15) is 18.7 Å². The van der Waals surface area contributed by atoms with Crippen LogP contribution in [-0.2, 0) is 4.74 Å². The fraction of sp³-hybridized carbons (Fsp3) is 0.565. The lowest BCUT2D eigenvalue weighted by atomic mass is 9.87. The number of carbonyl (C=O) groups is 1. The van der Waals surface area contributed by atoms with E-state index in [1.165, 1.54) is 21.6 Å². The lowest BCUT2D eigenvalue weighted by Gasteiger charge is -2.27. The van der Waals surface area contributed by atoms with E-state index in [1.54, 1.807) is 6.20 Å². The smallest absolute Gasteiger partial charge is 0.284 e. The summed E-state index contributed by atoms with van der Waals surface area (Å²) in [6, 6.07) is 2.08. The highest BCUT2D eigenvalue weighted by molar-refractivity contribution is 6.08. The van der Waals surface area contributed by atoms with Crippen LogP contribution in [0.4, 0.5) is 20.3 Å². The highest BCUT2D eigenvalue weighted by atomic mass is 19.3. The molecule has 10 nitrogen and oxygen atoms in total. The summed E-state index contributed by atoms with van der Waals surface area (Å²) in [5.74, 6) is 0.413. The molecule has 2 unspecified atom stereocenters. The van der Waals surface area contributed by atoms with Gasteiger partial charge < -0.3 is 20.1 Å². The Morgan fingerprint density at radius 1 is 1.26 bits per heavy atom. The molecule has 0 radical (unpaired) electrons. The number of nitrogens with zero attached hydrogens (tertiary/aromatic N) is 6. The number of aliphatic hydroxyl groups is 1. The van der Waals surface area contributed by atoms with Gasteiger partial charge in [0.15, 0.2) is 11.3 Å². The number of ether oxygens (including phenoxy) is 1. The normalized spacial score (nSPS) is 26.2. The van der Waals surface area contributed by atoms with Crippen LogP contribution in [0.25, 0.3) is 5.65 Å². The molecule has 1 saturated carbocycles. The molecule has 2 N–H and O–H groups in total. The third-order valence-electron chi connectivity index (χ3n) is 7.46. The van der Waals surface area contributed by atoms with Gasteiger partial charge in [0.1, 0.15) is 11.4 Å². The van der Waals surface area contributed by atoms with Crippen molar-refractivity contribution in [2.75, 3.05) is 30.0 Å². The standard InChI is InChI=1S/C23H27F2N7O3/c24-21(25)20-18(10-32(29-20)14-3-1-13(11-33)2-4-14)27-23(34)17-8-26-31-6-5-19(28-22(17)31)30-9-16-7-15(30)12-35-16/h5-6,8,10,13-16,21,33H,1-4,7,9,11-12H2,(H,27,34). The average molecular weight is 488 g/mol. The van der Waals surface area contributed by atoms with E-state index in [0.717, 1.165) is 44.5 Å². The molecular weight excluding hydrogens is 460 g/mol. The first kappa shape index (κ1) is 22.4. The second kappa shape index (κ2) is 8.83. The first-order valence-corrected chi connectivity index (χ1v) is 12.0. The van der Waals surface area contributed by atoms with Gasteiger partial charge in [-0.1, -0.05) is 0 Å². The Balaban J connectivity index is 1.24. The highest BCUT2D eigenvalue weighted by Crippen LogP contribution is 2.35. The van der Waals surface area contributed by atoms with Gasteiger partial charge in [-0.25, -0.2) is 18.3 Å². The monoisotopic (exact) mass is 487 g/mol. The van der Waals surface area contributed by atoms with E-state index in [4.69, 9.17) is 4.74 Å². The van der Waals surface area contributed by atoms with Crippen LogP contribution in [0.5, 0.6) is 0 Å². The minimum absolute atomic E-state index is 0.0150. The van der Waals surface area contributed by atoms with Crippen molar-refractivity contribution in [1.82, 2.24) is 24.4 Å². The summed E-state index contributed by atoms with van der Waals surface area (Å²) in [6.07, 6.45) is 6.06. The molecule has 1 amide bonds. The number of morpholine rings is 1. The van der Waals surface area contributed by atoms with Crippen molar-refractivity contribution in [3.8, 4) is 0 Å². The lowest BCUT2D eigenvalue weighted by Crippen LogP contribution is -2.37. The van der Waals surface area contributed by atoms with Crippen LogP contribution < -0.4 is 10.2 Å². The predicted molar refractivity (Wildman–Crippen MR) is 122 cm³/mol. The van der Waals surface area contributed by atoms with Gasteiger partial charge in [0.05, 0.1) is 36.7 Å². The molecule has 35 heavy (non-hydrogen) atoms. The topological polar surface area (TPSA) is 110 Å². The summed E-state index contributed by atoms with van der Waals surface area (Å²) >= 11 is 0. The Morgan fingerprint density at radius 2 is 2.09 bits per heavy atom. The number of carbonyl (C=O) groups excluding carboxylic acids is 1. The van der Waals surface area contributed by atoms with E-state index < -0.39 is 18.0 Å². The van der Waals surface area contributed by atoms with Gasteiger partial charge in [-0.2, -0.15) is 10.2 Å². The van der Waals surface area contributed by atoms with Gasteiger partial charge in [-0.15, -0.1) is 0 Å². The van der Waals surface area contributed by atoms with Crippen LogP contribution in [0.15, 0.2) is 24.7 Å². The Kier molecular flexibility index (Phi) is 5.64. The second-order valence-corrected chi connectivity index (χ2v) is 9.63. The number of halogens is 2. The van der Waals surface area contributed by atoms with Crippen molar-refractivity contribution in [2.45, 2.75) is 56.7 Å². The van der Waals surface area contributed by atoms with Gasteiger partial charge >= 0.3 is 0 Å². The maximum absolute atomic E-state index is 13.8. The maximum atomic E-state index is 13.8. The zero-order chi connectivity index (χ0) is 24.1. The van der Waals surface area contributed by atoms with E-state index >= 15 is 0 Å². The van der Waals surface area contributed by atoms with Gasteiger partial charge in [-0.05, 0) is 44.1 Å². The molecule has 3 aliphatic rings. The van der Waals surface area contributed by atoms with E-state index in [0.29, 0.717) is 12.3 Å². The number of anilines is 2. The third-order valence-corrected chi connectivity index (χ3v) is 7.46. The Bertz CT molecular complexity index is 1240. The van der Waals surface area contributed by atoms with Crippen LogP contribution in [-0.4, -0.2) is 67.3 Å². The SMILES string of the molecule is O=C(Nc1cn(C2CCC(CO)CC2)nc1C(F)F)c1cnn2ccc(N3CC4CC3CO4)nc12. The average Bonchev–Trinajstić information content (AvgIpc) is 3.66. The Labute approximate surface area is 199 Å². The van der Waals surface area contributed by atoms with E-state index in [1.807, 2.05) is 6.07 Å². The molecule has 2 saturated heterocycles. The number of aliphatic hydroxyl groups excluding tert-OH is 1. The van der Waals surface area contributed by atoms with E-state index in [-0.39, 0.29) is 42.0 Å². The number of amides is 1. The number of hydrogen-bond acceptors (Lipinski definition) is 7. The highest BCUT2D eigenvalue weighted by Gasteiger charge is 2.39.